The third-order valence-corrected chi connectivity index (χ3v) is 4.97. The average Bonchev–Trinajstić information content (AvgIpc) is 2.89. The van der Waals surface area contributed by atoms with Gasteiger partial charge in [-0.1, -0.05) is 0 Å². The molecule has 0 spiro atoms. The Bertz CT molecular complexity index is 1030. The summed E-state index contributed by atoms with van der Waals surface area (Å²) >= 11 is 0. The lowest BCUT2D eigenvalue weighted by Crippen LogP contribution is -2.27. The molecule has 3 aromatic rings. The van der Waals surface area contributed by atoms with Crippen molar-refractivity contribution in [2.75, 3.05) is 24.7 Å². The molecule has 0 saturated carbocycles. The van der Waals surface area contributed by atoms with E-state index in [-0.39, 0.29) is 11.8 Å². The highest BCUT2D eigenvalue weighted by Gasteiger charge is 2.14. The summed E-state index contributed by atoms with van der Waals surface area (Å²) in [5.74, 6) is -0.228. The first-order chi connectivity index (χ1) is 13.2. The van der Waals surface area contributed by atoms with Crippen LogP contribution in [0, 0.1) is 33.5 Å². The SMILES string of the molecule is Cc1cc(F)cc(C)c1CNc1cc(NC(=O)N(C)C)cn2c(C)c(C)nc12. The summed E-state index contributed by atoms with van der Waals surface area (Å²) in [6.45, 7) is 8.29. The first-order valence-corrected chi connectivity index (χ1v) is 9.14. The van der Waals surface area contributed by atoms with Crippen LogP contribution in [0.5, 0.6) is 0 Å². The van der Waals surface area contributed by atoms with Crippen molar-refractivity contribution in [3.05, 3.63) is 58.3 Å². The van der Waals surface area contributed by atoms with Crippen molar-refractivity contribution in [3.8, 4) is 0 Å². The molecule has 28 heavy (non-hydrogen) atoms. The maximum absolute atomic E-state index is 13.6. The van der Waals surface area contributed by atoms with Gasteiger partial charge in [0.25, 0.3) is 0 Å². The van der Waals surface area contributed by atoms with Crippen LogP contribution in [0.4, 0.5) is 20.6 Å². The van der Waals surface area contributed by atoms with Crippen LogP contribution in [0.25, 0.3) is 5.65 Å². The smallest absolute Gasteiger partial charge is 0.321 e. The minimum Gasteiger partial charge on any atom is -0.378 e. The van der Waals surface area contributed by atoms with Crippen molar-refractivity contribution in [3.63, 3.8) is 0 Å². The molecule has 148 valence electrons. The van der Waals surface area contributed by atoms with Crippen molar-refractivity contribution in [1.82, 2.24) is 14.3 Å². The molecule has 6 nitrogen and oxygen atoms in total. The number of nitrogens with one attached hydrogen (secondary N) is 2. The number of carbonyl (C=O) groups excluding carboxylic acids is 1. The molecule has 3 rings (SSSR count). The molecular formula is C21H26FN5O. The number of rotatable bonds is 4. The van der Waals surface area contributed by atoms with Gasteiger partial charge in [0, 0.05) is 32.5 Å². The molecule has 2 heterocycles. The summed E-state index contributed by atoms with van der Waals surface area (Å²) in [6.07, 6.45) is 1.87. The van der Waals surface area contributed by atoms with Crippen LogP contribution >= 0.6 is 0 Å². The van der Waals surface area contributed by atoms with Gasteiger partial charge in [0.2, 0.25) is 0 Å². The van der Waals surface area contributed by atoms with Crippen LogP contribution in [0.15, 0.2) is 24.4 Å². The molecule has 0 bridgehead atoms. The van der Waals surface area contributed by atoms with E-state index < -0.39 is 0 Å². The molecule has 2 N–H and O–H groups in total. The second-order valence-electron chi connectivity index (χ2n) is 7.31. The Morgan fingerprint density at radius 3 is 2.39 bits per heavy atom. The number of aryl methyl sites for hydroxylation is 4. The second-order valence-corrected chi connectivity index (χ2v) is 7.31. The Morgan fingerprint density at radius 2 is 1.79 bits per heavy atom. The zero-order chi connectivity index (χ0) is 20.6. The zero-order valence-corrected chi connectivity index (χ0v) is 17.1. The van der Waals surface area contributed by atoms with E-state index >= 15 is 0 Å². The standard InChI is InChI=1S/C21H26FN5O/c1-12-7-16(22)8-13(2)18(12)10-23-19-9-17(25-21(28)26(5)6)11-27-15(4)14(3)24-20(19)27/h7-9,11,23H,10H2,1-6H3,(H,25,28). The number of pyridine rings is 1. The number of hydrogen-bond donors (Lipinski definition) is 2. The number of fused-ring (bicyclic) bond motifs is 1. The van der Waals surface area contributed by atoms with Crippen LogP contribution in [-0.2, 0) is 6.54 Å². The molecule has 7 heteroatoms. The molecule has 0 aliphatic heterocycles. The maximum atomic E-state index is 13.6. The van der Waals surface area contributed by atoms with E-state index in [1.165, 1.54) is 17.0 Å². The van der Waals surface area contributed by atoms with Crippen molar-refractivity contribution in [2.45, 2.75) is 34.2 Å². The van der Waals surface area contributed by atoms with Gasteiger partial charge in [0.05, 0.1) is 17.1 Å². The van der Waals surface area contributed by atoms with E-state index in [1.807, 2.05) is 44.4 Å². The van der Waals surface area contributed by atoms with Crippen molar-refractivity contribution in [1.29, 1.82) is 0 Å². The quantitative estimate of drug-likeness (QED) is 0.701. The number of halogens is 1. The van der Waals surface area contributed by atoms with E-state index in [9.17, 15) is 9.18 Å². The van der Waals surface area contributed by atoms with Crippen molar-refractivity contribution < 1.29 is 9.18 Å². The van der Waals surface area contributed by atoms with E-state index in [2.05, 4.69) is 15.6 Å². The fraction of sp³-hybridized carbons (Fsp3) is 0.333. The van der Waals surface area contributed by atoms with Gasteiger partial charge in [-0.25, -0.2) is 14.2 Å². The monoisotopic (exact) mass is 383 g/mol. The van der Waals surface area contributed by atoms with Crippen LogP contribution in [0.3, 0.4) is 0 Å². The number of aromatic nitrogens is 2. The maximum Gasteiger partial charge on any atom is 0.321 e. The van der Waals surface area contributed by atoms with Gasteiger partial charge < -0.3 is 19.9 Å². The molecule has 0 aliphatic rings. The van der Waals surface area contributed by atoms with E-state index in [0.717, 1.165) is 39.4 Å². The lowest BCUT2D eigenvalue weighted by Gasteiger charge is -2.16. The molecule has 0 unspecified atom stereocenters. The van der Waals surface area contributed by atoms with Crippen molar-refractivity contribution in [2.24, 2.45) is 0 Å². The summed E-state index contributed by atoms with van der Waals surface area (Å²) in [7, 11) is 3.39. The van der Waals surface area contributed by atoms with E-state index in [1.54, 1.807) is 14.1 Å². The van der Waals surface area contributed by atoms with Crippen LogP contribution in [0.2, 0.25) is 0 Å². The zero-order valence-electron chi connectivity index (χ0n) is 17.1. The first kappa shape index (κ1) is 19.7. The average molecular weight is 383 g/mol. The number of hydrogen-bond acceptors (Lipinski definition) is 3. The number of benzene rings is 1. The van der Waals surface area contributed by atoms with Gasteiger partial charge >= 0.3 is 6.03 Å². The van der Waals surface area contributed by atoms with Crippen LogP contribution in [-0.4, -0.2) is 34.4 Å². The molecule has 0 atom stereocenters. The molecule has 1 aromatic carbocycles. The molecule has 2 aromatic heterocycles. The fourth-order valence-corrected chi connectivity index (χ4v) is 3.21. The lowest BCUT2D eigenvalue weighted by molar-refractivity contribution is 0.230. The largest absolute Gasteiger partial charge is 0.378 e. The van der Waals surface area contributed by atoms with Gasteiger partial charge in [-0.3, -0.25) is 0 Å². The van der Waals surface area contributed by atoms with Crippen LogP contribution < -0.4 is 10.6 Å². The highest BCUT2D eigenvalue weighted by atomic mass is 19.1. The van der Waals surface area contributed by atoms with Gasteiger partial charge in [0.15, 0.2) is 5.65 Å². The highest BCUT2D eigenvalue weighted by molar-refractivity contribution is 5.90. The third-order valence-electron chi connectivity index (χ3n) is 4.97. The molecule has 0 radical (unpaired) electrons. The number of urea groups is 1. The van der Waals surface area contributed by atoms with Crippen LogP contribution in [0.1, 0.15) is 28.1 Å². The Morgan fingerprint density at radius 1 is 1.14 bits per heavy atom. The number of nitrogens with zero attached hydrogens (tertiary/aromatic N) is 3. The third kappa shape index (κ3) is 3.78. The summed E-state index contributed by atoms with van der Waals surface area (Å²) < 4.78 is 15.6. The molecule has 2 amide bonds. The van der Waals surface area contributed by atoms with E-state index in [4.69, 9.17) is 0 Å². The summed E-state index contributed by atoms with van der Waals surface area (Å²) in [5, 5.41) is 6.31. The first-order valence-electron chi connectivity index (χ1n) is 9.14. The predicted octanol–water partition coefficient (Wildman–Crippen LogP) is 4.41. The van der Waals surface area contributed by atoms with Crippen molar-refractivity contribution >= 4 is 23.1 Å². The van der Waals surface area contributed by atoms with Gasteiger partial charge in [-0.15, -0.1) is 0 Å². The Hall–Kier alpha value is -3.09. The fourth-order valence-electron chi connectivity index (χ4n) is 3.21. The molecule has 0 saturated heterocycles. The minimum absolute atomic E-state index is 0.204. The van der Waals surface area contributed by atoms with E-state index in [0.29, 0.717) is 12.2 Å². The Labute approximate surface area is 164 Å². The summed E-state index contributed by atoms with van der Waals surface area (Å²) in [4.78, 5) is 18.2. The second kappa shape index (κ2) is 7.50. The van der Waals surface area contributed by atoms with Gasteiger partial charge in [-0.05, 0) is 62.6 Å². The Balaban J connectivity index is 1.99. The summed E-state index contributed by atoms with van der Waals surface area (Å²) in [6, 6.07) is 4.75. The highest BCUT2D eigenvalue weighted by Crippen LogP contribution is 2.26. The van der Waals surface area contributed by atoms with Gasteiger partial charge in [0.1, 0.15) is 5.82 Å². The Kier molecular flexibility index (Phi) is 5.27. The number of carbonyl (C=O) groups is 1. The number of imidazole rings is 1. The normalized spacial score (nSPS) is 11.0. The molecular weight excluding hydrogens is 357 g/mol. The molecule has 0 aliphatic carbocycles. The lowest BCUT2D eigenvalue weighted by atomic mass is 10.0. The number of anilines is 2. The minimum atomic E-state index is -0.228. The molecule has 0 fully saturated rings. The van der Waals surface area contributed by atoms with Gasteiger partial charge in [-0.2, -0.15) is 0 Å². The summed E-state index contributed by atoms with van der Waals surface area (Å²) in [5.41, 5.74) is 7.03. The predicted molar refractivity (Wildman–Crippen MR) is 111 cm³/mol. The topological polar surface area (TPSA) is 61.7 Å². The number of amides is 2.